The SMILES string of the molecule is CCCC(=O)Nc1ccc(C(=O)NNS(=O)(=O)c2ccc(Cl)cc2)cc1. The second kappa shape index (κ2) is 8.79. The molecule has 0 radical (unpaired) electrons. The Bertz CT molecular complexity index is 881. The zero-order chi connectivity index (χ0) is 19.2. The first kappa shape index (κ1) is 19.9. The van der Waals surface area contributed by atoms with Gasteiger partial charge in [0.25, 0.3) is 15.9 Å². The molecule has 7 nitrogen and oxygen atoms in total. The molecule has 0 bridgehead atoms. The zero-order valence-electron chi connectivity index (χ0n) is 14.0. The van der Waals surface area contributed by atoms with Gasteiger partial charge in [0.15, 0.2) is 0 Å². The van der Waals surface area contributed by atoms with Gasteiger partial charge in [0, 0.05) is 22.7 Å². The second-order valence-electron chi connectivity index (χ2n) is 5.39. The molecule has 0 aromatic heterocycles. The number of nitrogens with one attached hydrogen (secondary N) is 3. The van der Waals surface area contributed by atoms with E-state index in [4.69, 9.17) is 11.6 Å². The average Bonchev–Trinajstić information content (AvgIpc) is 2.61. The van der Waals surface area contributed by atoms with E-state index in [-0.39, 0.29) is 16.4 Å². The quantitative estimate of drug-likeness (QED) is 0.627. The summed E-state index contributed by atoms with van der Waals surface area (Å²) in [6.45, 7) is 1.90. The normalized spacial score (nSPS) is 11.0. The van der Waals surface area contributed by atoms with E-state index in [0.717, 1.165) is 6.42 Å². The van der Waals surface area contributed by atoms with Crippen molar-refractivity contribution in [1.82, 2.24) is 10.3 Å². The van der Waals surface area contributed by atoms with Crippen LogP contribution in [0.1, 0.15) is 30.1 Å². The first-order valence-electron chi connectivity index (χ1n) is 7.79. The number of hydrogen-bond acceptors (Lipinski definition) is 4. The van der Waals surface area contributed by atoms with Crippen molar-refractivity contribution in [1.29, 1.82) is 0 Å². The van der Waals surface area contributed by atoms with Crippen molar-refractivity contribution < 1.29 is 18.0 Å². The monoisotopic (exact) mass is 395 g/mol. The molecule has 0 heterocycles. The van der Waals surface area contributed by atoms with Crippen LogP contribution in [0.15, 0.2) is 53.4 Å². The molecule has 0 atom stereocenters. The number of hydrazine groups is 1. The van der Waals surface area contributed by atoms with E-state index < -0.39 is 15.9 Å². The Morgan fingerprint density at radius 3 is 2.19 bits per heavy atom. The van der Waals surface area contributed by atoms with Gasteiger partial charge >= 0.3 is 0 Å². The van der Waals surface area contributed by atoms with Gasteiger partial charge in [0.05, 0.1) is 4.90 Å². The van der Waals surface area contributed by atoms with Crippen LogP contribution in [0, 0.1) is 0 Å². The second-order valence-corrected chi connectivity index (χ2v) is 7.51. The third-order valence-corrected chi connectivity index (χ3v) is 4.85. The molecule has 3 N–H and O–H groups in total. The van der Waals surface area contributed by atoms with Gasteiger partial charge in [0.2, 0.25) is 5.91 Å². The molecule has 2 amide bonds. The molecule has 0 saturated heterocycles. The lowest BCUT2D eigenvalue weighted by Gasteiger charge is -2.09. The lowest BCUT2D eigenvalue weighted by Crippen LogP contribution is -2.41. The van der Waals surface area contributed by atoms with E-state index >= 15 is 0 Å². The standard InChI is InChI=1S/C17H18ClN3O4S/c1-2-3-16(22)19-14-8-4-12(5-9-14)17(23)20-21-26(24,25)15-10-6-13(18)7-11-15/h4-11,21H,2-3H2,1H3,(H,19,22)(H,20,23). The molecule has 0 aliphatic carbocycles. The summed E-state index contributed by atoms with van der Waals surface area (Å²) >= 11 is 5.72. The fourth-order valence-corrected chi connectivity index (χ4v) is 2.98. The molecule has 2 aromatic carbocycles. The van der Waals surface area contributed by atoms with Gasteiger partial charge in [-0.25, -0.2) is 8.42 Å². The number of halogens is 1. The van der Waals surface area contributed by atoms with Crippen molar-refractivity contribution in [2.75, 3.05) is 5.32 Å². The minimum Gasteiger partial charge on any atom is -0.326 e. The van der Waals surface area contributed by atoms with Crippen LogP contribution in [0.5, 0.6) is 0 Å². The van der Waals surface area contributed by atoms with E-state index in [1.54, 1.807) is 12.1 Å². The van der Waals surface area contributed by atoms with Gasteiger partial charge in [-0.05, 0) is 55.0 Å². The first-order valence-corrected chi connectivity index (χ1v) is 9.65. The summed E-state index contributed by atoms with van der Waals surface area (Å²) in [6.07, 6.45) is 1.15. The molecule has 0 unspecified atom stereocenters. The maximum absolute atomic E-state index is 12.1. The minimum atomic E-state index is -3.91. The molecule has 0 saturated carbocycles. The first-order chi connectivity index (χ1) is 12.3. The summed E-state index contributed by atoms with van der Waals surface area (Å²) in [6, 6.07) is 11.6. The molecule has 9 heteroatoms. The molecule has 0 aliphatic rings. The molecular formula is C17H18ClN3O4S. The Morgan fingerprint density at radius 1 is 1.00 bits per heavy atom. The maximum Gasteiger partial charge on any atom is 0.266 e. The Hall–Kier alpha value is -2.42. The maximum atomic E-state index is 12.1. The predicted molar refractivity (Wildman–Crippen MR) is 99.2 cm³/mol. The Balaban J connectivity index is 1.97. The largest absolute Gasteiger partial charge is 0.326 e. The molecule has 0 fully saturated rings. The van der Waals surface area contributed by atoms with Crippen LogP contribution in [-0.2, 0) is 14.8 Å². The summed E-state index contributed by atoms with van der Waals surface area (Å²) < 4.78 is 24.2. The lowest BCUT2D eigenvalue weighted by atomic mass is 10.2. The summed E-state index contributed by atoms with van der Waals surface area (Å²) in [5.74, 6) is -0.741. The third kappa shape index (κ3) is 5.55. The van der Waals surface area contributed by atoms with E-state index in [0.29, 0.717) is 17.1 Å². The smallest absolute Gasteiger partial charge is 0.266 e. The Labute approximate surface area is 156 Å². The van der Waals surface area contributed by atoms with Crippen molar-refractivity contribution in [3.63, 3.8) is 0 Å². The summed E-state index contributed by atoms with van der Waals surface area (Å²) in [4.78, 5) is 25.6. The average molecular weight is 396 g/mol. The van der Waals surface area contributed by atoms with E-state index in [2.05, 4.69) is 10.7 Å². The fraction of sp³-hybridized carbons (Fsp3) is 0.176. The van der Waals surface area contributed by atoms with Crippen LogP contribution in [0.4, 0.5) is 5.69 Å². The van der Waals surface area contributed by atoms with E-state index in [9.17, 15) is 18.0 Å². The number of rotatable bonds is 7. The van der Waals surface area contributed by atoms with E-state index in [1.165, 1.54) is 36.4 Å². The minimum absolute atomic E-state index is 0.0313. The highest BCUT2D eigenvalue weighted by Crippen LogP contribution is 2.14. The summed E-state index contributed by atoms with van der Waals surface area (Å²) in [5.41, 5.74) is 2.93. The van der Waals surface area contributed by atoms with Crippen molar-refractivity contribution >= 4 is 39.1 Å². The van der Waals surface area contributed by atoms with E-state index in [1.807, 2.05) is 11.8 Å². The predicted octanol–water partition coefficient (Wildman–Crippen LogP) is 2.70. The summed E-state index contributed by atoms with van der Waals surface area (Å²) in [5, 5.41) is 3.10. The number of benzene rings is 2. The van der Waals surface area contributed by atoms with Crippen LogP contribution in [0.3, 0.4) is 0 Å². The highest BCUT2D eigenvalue weighted by atomic mass is 35.5. The summed E-state index contributed by atoms with van der Waals surface area (Å²) in [7, 11) is -3.91. The van der Waals surface area contributed by atoms with Crippen molar-refractivity contribution in [2.45, 2.75) is 24.7 Å². The van der Waals surface area contributed by atoms with Crippen molar-refractivity contribution in [3.05, 3.63) is 59.1 Å². The number of carbonyl (C=O) groups excluding carboxylic acids is 2. The molecule has 138 valence electrons. The fourth-order valence-electron chi connectivity index (χ4n) is 2.01. The van der Waals surface area contributed by atoms with Gasteiger partial charge in [-0.3, -0.25) is 15.0 Å². The van der Waals surface area contributed by atoms with Crippen molar-refractivity contribution in [3.8, 4) is 0 Å². The number of amides is 2. The topological polar surface area (TPSA) is 104 Å². The van der Waals surface area contributed by atoms with Crippen LogP contribution in [0.25, 0.3) is 0 Å². The molecule has 2 aromatic rings. The van der Waals surface area contributed by atoms with Gasteiger partial charge in [-0.1, -0.05) is 18.5 Å². The Kier molecular flexibility index (Phi) is 6.73. The highest BCUT2D eigenvalue weighted by molar-refractivity contribution is 7.89. The molecule has 2 rings (SSSR count). The third-order valence-electron chi connectivity index (χ3n) is 3.33. The van der Waals surface area contributed by atoms with Gasteiger partial charge < -0.3 is 5.32 Å². The number of anilines is 1. The van der Waals surface area contributed by atoms with Crippen LogP contribution in [-0.4, -0.2) is 20.2 Å². The molecule has 26 heavy (non-hydrogen) atoms. The highest BCUT2D eigenvalue weighted by Gasteiger charge is 2.15. The number of carbonyl (C=O) groups is 2. The van der Waals surface area contributed by atoms with Gasteiger partial charge in [-0.15, -0.1) is 4.83 Å². The number of hydrogen-bond donors (Lipinski definition) is 3. The van der Waals surface area contributed by atoms with Crippen molar-refractivity contribution in [2.24, 2.45) is 0 Å². The molecular weight excluding hydrogens is 378 g/mol. The van der Waals surface area contributed by atoms with Crippen LogP contribution < -0.4 is 15.6 Å². The van der Waals surface area contributed by atoms with Gasteiger partial charge in [-0.2, -0.15) is 0 Å². The van der Waals surface area contributed by atoms with Gasteiger partial charge in [0.1, 0.15) is 0 Å². The van der Waals surface area contributed by atoms with Crippen LogP contribution >= 0.6 is 11.6 Å². The molecule has 0 spiro atoms. The zero-order valence-corrected chi connectivity index (χ0v) is 15.5. The lowest BCUT2D eigenvalue weighted by molar-refractivity contribution is -0.116. The Morgan fingerprint density at radius 2 is 1.62 bits per heavy atom. The number of sulfonamides is 1. The molecule has 0 aliphatic heterocycles. The van der Waals surface area contributed by atoms with Crippen LogP contribution in [0.2, 0.25) is 5.02 Å².